The molecule has 1 saturated heterocycles. The van der Waals surface area contributed by atoms with E-state index in [1.807, 2.05) is 13.8 Å². The predicted octanol–water partition coefficient (Wildman–Crippen LogP) is 0.374. The van der Waals surface area contributed by atoms with Crippen LogP contribution in [0.15, 0.2) is 12.4 Å². The van der Waals surface area contributed by atoms with Gasteiger partial charge in [0.15, 0.2) is 5.82 Å². The first-order chi connectivity index (χ1) is 8.08. The summed E-state index contributed by atoms with van der Waals surface area (Å²) in [7, 11) is 0. The molecule has 2 atom stereocenters. The molecule has 92 valence electrons. The Balaban J connectivity index is 2.30. The van der Waals surface area contributed by atoms with Crippen molar-refractivity contribution in [1.29, 1.82) is 5.41 Å². The van der Waals surface area contributed by atoms with Crippen molar-refractivity contribution < 1.29 is 4.74 Å². The summed E-state index contributed by atoms with van der Waals surface area (Å²) < 4.78 is 5.66. The van der Waals surface area contributed by atoms with Crippen LogP contribution in [0.25, 0.3) is 0 Å². The number of rotatable bonds is 2. The van der Waals surface area contributed by atoms with Crippen LogP contribution in [0, 0.1) is 5.41 Å². The van der Waals surface area contributed by atoms with Crippen LogP contribution in [0.1, 0.15) is 19.5 Å². The maximum absolute atomic E-state index is 7.51. The van der Waals surface area contributed by atoms with E-state index < -0.39 is 0 Å². The molecule has 0 bridgehead atoms. The topological polar surface area (TPSA) is 88.1 Å². The Kier molecular flexibility index (Phi) is 3.23. The molecule has 2 heterocycles. The molecule has 0 radical (unpaired) electrons. The van der Waals surface area contributed by atoms with E-state index in [9.17, 15) is 0 Å². The van der Waals surface area contributed by atoms with E-state index in [2.05, 4.69) is 14.9 Å². The summed E-state index contributed by atoms with van der Waals surface area (Å²) in [5, 5.41) is 7.51. The number of anilines is 1. The van der Waals surface area contributed by atoms with E-state index in [1.54, 1.807) is 12.4 Å². The summed E-state index contributed by atoms with van der Waals surface area (Å²) in [5.41, 5.74) is 5.95. The van der Waals surface area contributed by atoms with Crippen molar-refractivity contribution in [2.75, 3.05) is 18.0 Å². The van der Waals surface area contributed by atoms with Crippen molar-refractivity contribution in [2.45, 2.75) is 26.1 Å². The number of amidine groups is 1. The summed E-state index contributed by atoms with van der Waals surface area (Å²) in [6, 6.07) is 0. The second-order valence-electron chi connectivity index (χ2n) is 4.30. The van der Waals surface area contributed by atoms with Crippen molar-refractivity contribution in [3.05, 3.63) is 18.1 Å². The fourth-order valence-corrected chi connectivity index (χ4v) is 2.10. The first-order valence-electron chi connectivity index (χ1n) is 5.63. The van der Waals surface area contributed by atoms with Crippen molar-refractivity contribution in [2.24, 2.45) is 5.73 Å². The highest BCUT2D eigenvalue weighted by Gasteiger charge is 2.25. The molecule has 0 unspecified atom stereocenters. The van der Waals surface area contributed by atoms with Crippen LogP contribution < -0.4 is 10.6 Å². The summed E-state index contributed by atoms with van der Waals surface area (Å²) in [6.07, 6.45) is 3.45. The van der Waals surface area contributed by atoms with Gasteiger partial charge in [0.25, 0.3) is 0 Å². The Bertz CT molecular complexity index is 412. The second kappa shape index (κ2) is 4.67. The summed E-state index contributed by atoms with van der Waals surface area (Å²) in [5.74, 6) is 0.613. The minimum Gasteiger partial charge on any atom is -0.382 e. The SMILES string of the molecule is C[C@@H]1CN(c2nccnc2C(=N)N)C[C@H](C)O1. The van der Waals surface area contributed by atoms with Gasteiger partial charge in [-0.1, -0.05) is 0 Å². The maximum atomic E-state index is 7.51. The molecule has 1 aliphatic rings. The van der Waals surface area contributed by atoms with Gasteiger partial charge in [-0.15, -0.1) is 0 Å². The molecular weight excluding hydrogens is 218 g/mol. The number of nitrogens with zero attached hydrogens (tertiary/aromatic N) is 3. The van der Waals surface area contributed by atoms with E-state index in [-0.39, 0.29) is 18.0 Å². The monoisotopic (exact) mass is 235 g/mol. The van der Waals surface area contributed by atoms with Crippen LogP contribution in [0.4, 0.5) is 5.82 Å². The maximum Gasteiger partial charge on any atom is 0.158 e. The highest BCUT2D eigenvalue weighted by Crippen LogP contribution is 2.20. The third kappa shape index (κ3) is 2.52. The van der Waals surface area contributed by atoms with Crippen LogP contribution in [-0.4, -0.2) is 41.1 Å². The zero-order chi connectivity index (χ0) is 12.4. The van der Waals surface area contributed by atoms with Crippen LogP contribution in [-0.2, 0) is 4.74 Å². The molecule has 6 nitrogen and oxygen atoms in total. The highest BCUT2D eigenvalue weighted by molar-refractivity contribution is 5.97. The van der Waals surface area contributed by atoms with Crippen molar-refractivity contribution >= 4 is 11.7 Å². The molecule has 1 fully saturated rings. The largest absolute Gasteiger partial charge is 0.382 e. The van der Waals surface area contributed by atoms with Crippen LogP contribution in [0.5, 0.6) is 0 Å². The number of nitrogens with one attached hydrogen (secondary N) is 1. The van der Waals surface area contributed by atoms with Gasteiger partial charge in [-0.05, 0) is 13.8 Å². The minimum absolute atomic E-state index is 0.0557. The normalized spacial score (nSPS) is 24.7. The highest BCUT2D eigenvalue weighted by atomic mass is 16.5. The fourth-order valence-electron chi connectivity index (χ4n) is 2.10. The third-order valence-corrected chi connectivity index (χ3v) is 2.65. The van der Waals surface area contributed by atoms with Gasteiger partial charge in [0.1, 0.15) is 11.5 Å². The Morgan fingerprint density at radius 3 is 2.53 bits per heavy atom. The summed E-state index contributed by atoms with van der Waals surface area (Å²) in [6.45, 7) is 5.52. The fraction of sp³-hybridized carbons (Fsp3) is 0.545. The second-order valence-corrected chi connectivity index (χ2v) is 4.30. The van der Waals surface area contributed by atoms with Crippen LogP contribution >= 0.6 is 0 Å². The van der Waals surface area contributed by atoms with E-state index in [1.165, 1.54) is 0 Å². The van der Waals surface area contributed by atoms with Crippen LogP contribution in [0.3, 0.4) is 0 Å². The smallest absolute Gasteiger partial charge is 0.158 e. The number of aromatic nitrogens is 2. The van der Waals surface area contributed by atoms with Gasteiger partial charge >= 0.3 is 0 Å². The van der Waals surface area contributed by atoms with Crippen molar-refractivity contribution in [3.63, 3.8) is 0 Å². The molecule has 2 rings (SSSR count). The number of morpholine rings is 1. The average Bonchev–Trinajstić information content (AvgIpc) is 2.27. The number of hydrogen-bond acceptors (Lipinski definition) is 5. The molecule has 0 spiro atoms. The van der Waals surface area contributed by atoms with E-state index in [4.69, 9.17) is 15.9 Å². The third-order valence-electron chi connectivity index (χ3n) is 2.65. The zero-order valence-electron chi connectivity index (χ0n) is 10.1. The summed E-state index contributed by atoms with van der Waals surface area (Å²) >= 11 is 0. The van der Waals surface area contributed by atoms with Crippen molar-refractivity contribution in [1.82, 2.24) is 9.97 Å². The number of ether oxygens (including phenoxy) is 1. The number of hydrogen-bond donors (Lipinski definition) is 2. The van der Waals surface area contributed by atoms with Gasteiger partial charge in [0, 0.05) is 25.5 Å². The predicted molar refractivity (Wildman–Crippen MR) is 65.3 cm³/mol. The Morgan fingerprint density at radius 1 is 1.35 bits per heavy atom. The van der Waals surface area contributed by atoms with Gasteiger partial charge in [-0.3, -0.25) is 5.41 Å². The molecule has 0 saturated carbocycles. The van der Waals surface area contributed by atoms with E-state index in [0.717, 1.165) is 13.1 Å². The van der Waals surface area contributed by atoms with Gasteiger partial charge in [-0.25, -0.2) is 9.97 Å². The lowest BCUT2D eigenvalue weighted by Crippen LogP contribution is -2.46. The molecule has 6 heteroatoms. The molecule has 17 heavy (non-hydrogen) atoms. The molecular formula is C11H17N5O. The van der Waals surface area contributed by atoms with Crippen molar-refractivity contribution in [3.8, 4) is 0 Å². The quantitative estimate of drug-likeness (QED) is 0.571. The lowest BCUT2D eigenvalue weighted by molar-refractivity contribution is -0.00548. The molecule has 0 aromatic carbocycles. The average molecular weight is 235 g/mol. The lowest BCUT2D eigenvalue weighted by Gasteiger charge is -2.36. The molecule has 0 aliphatic carbocycles. The van der Waals surface area contributed by atoms with Crippen LogP contribution in [0.2, 0.25) is 0 Å². The first kappa shape index (κ1) is 11.8. The number of nitrogens with two attached hydrogens (primary N) is 1. The summed E-state index contributed by atoms with van der Waals surface area (Å²) in [4.78, 5) is 10.5. The Labute approximate surface area is 100 Å². The van der Waals surface area contributed by atoms with Gasteiger partial charge in [-0.2, -0.15) is 0 Å². The Morgan fingerprint density at radius 2 is 1.94 bits per heavy atom. The first-order valence-corrected chi connectivity index (χ1v) is 5.63. The van der Waals surface area contributed by atoms with E-state index >= 15 is 0 Å². The lowest BCUT2D eigenvalue weighted by atomic mass is 10.2. The number of nitrogen functional groups attached to an aromatic ring is 1. The van der Waals surface area contributed by atoms with Gasteiger partial charge < -0.3 is 15.4 Å². The van der Waals surface area contributed by atoms with Gasteiger partial charge in [0.05, 0.1) is 12.2 Å². The molecule has 1 aromatic rings. The molecule has 1 aliphatic heterocycles. The molecule has 1 aromatic heterocycles. The Hall–Kier alpha value is -1.69. The van der Waals surface area contributed by atoms with Gasteiger partial charge in [0.2, 0.25) is 0 Å². The molecule has 3 N–H and O–H groups in total. The standard InChI is InChI=1S/C11H17N5O/c1-7-5-16(6-8(2)17-7)11-9(10(12)13)14-3-4-15-11/h3-4,7-8H,5-6H2,1-2H3,(H3,12,13)/t7-,8+. The minimum atomic E-state index is -0.0557. The van der Waals surface area contributed by atoms with E-state index in [0.29, 0.717) is 11.5 Å². The molecule has 0 amide bonds. The zero-order valence-corrected chi connectivity index (χ0v) is 10.1.